The zero-order valence-corrected chi connectivity index (χ0v) is 30.9. The molecule has 0 radical (unpaired) electrons. The van der Waals surface area contributed by atoms with Gasteiger partial charge in [0.1, 0.15) is 18.0 Å². The molecule has 6 rings (SSSR count). The molecule has 2 aromatic heterocycles. The molecule has 3 aromatic carbocycles. The van der Waals surface area contributed by atoms with E-state index in [1.54, 1.807) is 6.20 Å². The minimum Gasteiger partial charge on any atom is -0.491 e. The van der Waals surface area contributed by atoms with Gasteiger partial charge in [0.05, 0.1) is 35.1 Å². The Bertz CT molecular complexity index is 2000. The lowest BCUT2D eigenvalue weighted by atomic mass is 10.00. The summed E-state index contributed by atoms with van der Waals surface area (Å²) in [5.41, 5.74) is 8.50. The molecule has 266 valence electrons. The maximum atomic E-state index is 13.7. The first kappa shape index (κ1) is 36.1. The number of hydrogen-bond acceptors (Lipinski definition) is 6. The van der Waals surface area contributed by atoms with Crippen molar-refractivity contribution >= 4 is 39.8 Å². The van der Waals surface area contributed by atoms with Crippen LogP contribution < -0.4 is 15.0 Å². The van der Waals surface area contributed by atoms with Crippen molar-refractivity contribution in [1.29, 1.82) is 0 Å². The van der Waals surface area contributed by atoms with Crippen molar-refractivity contribution < 1.29 is 18.5 Å². The monoisotopic (exact) mass is 704 g/mol. The number of carbonyl (C=O) groups excluding carboxylic acids is 1. The quantitative estimate of drug-likeness (QED) is 0.110. The second-order valence-electron chi connectivity index (χ2n) is 13.5. The molecule has 0 saturated carbocycles. The molecule has 8 nitrogen and oxygen atoms in total. The van der Waals surface area contributed by atoms with Crippen molar-refractivity contribution in [2.24, 2.45) is 5.92 Å². The smallest absolute Gasteiger partial charge is 0.251 e. The highest BCUT2D eigenvalue weighted by Crippen LogP contribution is 2.34. The number of hydrogen-bond donors (Lipinski definition) is 1. The van der Waals surface area contributed by atoms with Gasteiger partial charge in [-0.2, -0.15) is 0 Å². The summed E-state index contributed by atoms with van der Waals surface area (Å²) in [6.45, 7) is 12.1. The molecule has 5 aromatic rings. The zero-order valence-electron chi connectivity index (χ0n) is 30.1. The third-order valence-corrected chi connectivity index (χ3v) is 10.4. The van der Waals surface area contributed by atoms with Crippen LogP contribution in [0.3, 0.4) is 0 Å². The van der Waals surface area contributed by atoms with Crippen LogP contribution in [0.1, 0.15) is 57.0 Å². The number of pyridine rings is 1. The number of anilines is 2. The lowest BCUT2D eigenvalue weighted by molar-refractivity contribution is -0.112. The van der Waals surface area contributed by atoms with Crippen molar-refractivity contribution in [3.8, 4) is 16.9 Å². The Hall–Kier alpha value is -4.73. The van der Waals surface area contributed by atoms with E-state index in [1.165, 1.54) is 0 Å². The second kappa shape index (κ2) is 17.0. The second-order valence-corrected chi connectivity index (χ2v) is 14.9. The SMILES string of the molecule is CCCCOCCOc1ccc(-c2ccc3c(c2)C=C(C(=O)Nc2ccc(S(=O)Cc4cnc5cccc(C)n45)cc2)CCN3CC(C)C)cc1. The van der Waals surface area contributed by atoms with E-state index in [0.717, 1.165) is 83.3 Å². The molecule has 0 saturated heterocycles. The highest BCUT2D eigenvalue weighted by Gasteiger charge is 2.21. The van der Waals surface area contributed by atoms with E-state index in [2.05, 4.69) is 66.3 Å². The Kier molecular flexibility index (Phi) is 12.0. The normalized spacial score (nSPS) is 13.5. The van der Waals surface area contributed by atoms with Gasteiger partial charge in [-0.25, -0.2) is 4.98 Å². The van der Waals surface area contributed by atoms with Gasteiger partial charge in [0, 0.05) is 47.2 Å². The predicted octanol–water partition coefficient (Wildman–Crippen LogP) is 8.70. The fourth-order valence-electron chi connectivity index (χ4n) is 6.39. The van der Waals surface area contributed by atoms with E-state index in [4.69, 9.17) is 9.47 Å². The standard InChI is InChI=1S/C42H48N4O4S/c1-5-6-22-49-23-24-50-38-15-10-32(11-16-38)33-12-19-40-35(25-33)26-34(20-21-45(40)28-30(2)3)42(47)44-36-13-17-39(18-14-36)51(48)29-37-27-43-41-9-7-8-31(4)46(37)41/h7-19,25-27,30H,5-6,20-24,28-29H2,1-4H3,(H,44,47). The van der Waals surface area contributed by atoms with Gasteiger partial charge in [-0.15, -0.1) is 0 Å². The number of carbonyl (C=O) groups is 1. The van der Waals surface area contributed by atoms with Gasteiger partial charge in [-0.1, -0.05) is 51.5 Å². The molecule has 1 aliphatic rings. The molecule has 1 amide bonds. The average Bonchev–Trinajstić information content (AvgIpc) is 3.45. The van der Waals surface area contributed by atoms with Crippen LogP contribution >= 0.6 is 0 Å². The number of aromatic nitrogens is 2. The maximum absolute atomic E-state index is 13.7. The number of amides is 1. The lowest BCUT2D eigenvalue weighted by Crippen LogP contribution is -2.29. The summed E-state index contributed by atoms with van der Waals surface area (Å²) in [7, 11) is -1.26. The van der Waals surface area contributed by atoms with E-state index in [-0.39, 0.29) is 5.91 Å². The molecule has 0 fully saturated rings. The Labute approximate surface area is 304 Å². The first-order valence-corrected chi connectivity index (χ1v) is 19.2. The van der Waals surface area contributed by atoms with E-state index in [9.17, 15) is 9.00 Å². The topological polar surface area (TPSA) is 85.2 Å². The third-order valence-electron chi connectivity index (χ3n) is 9.00. The number of fused-ring (bicyclic) bond motifs is 2. The van der Waals surface area contributed by atoms with Gasteiger partial charge in [-0.3, -0.25) is 9.00 Å². The largest absolute Gasteiger partial charge is 0.491 e. The number of imidazole rings is 1. The van der Waals surface area contributed by atoms with Crippen LogP contribution in [-0.4, -0.2) is 52.4 Å². The summed E-state index contributed by atoms with van der Waals surface area (Å²) in [4.78, 5) is 21.3. The zero-order chi connectivity index (χ0) is 35.7. The summed E-state index contributed by atoms with van der Waals surface area (Å²) in [5.74, 6) is 1.51. The summed E-state index contributed by atoms with van der Waals surface area (Å²) in [6, 6.07) is 27.9. The first-order chi connectivity index (χ1) is 24.8. The molecule has 1 atom stereocenters. The minimum atomic E-state index is -1.26. The van der Waals surface area contributed by atoms with Crippen LogP contribution in [0.2, 0.25) is 0 Å². The average molecular weight is 705 g/mol. The van der Waals surface area contributed by atoms with Gasteiger partial charge >= 0.3 is 0 Å². The van der Waals surface area contributed by atoms with Gasteiger partial charge in [-0.05, 0) is 109 Å². The molecule has 0 bridgehead atoms. The van der Waals surface area contributed by atoms with Crippen LogP contribution in [0.5, 0.6) is 5.75 Å². The van der Waals surface area contributed by atoms with Crippen LogP contribution in [0.4, 0.5) is 11.4 Å². The van der Waals surface area contributed by atoms with E-state index in [1.807, 2.05) is 72.0 Å². The van der Waals surface area contributed by atoms with Crippen molar-refractivity contribution in [2.75, 3.05) is 43.1 Å². The third kappa shape index (κ3) is 9.15. The molecule has 51 heavy (non-hydrogen) atoms. The molecule has 1 aliphatic heterocycles. The predicted molar refractivity (Wildman–Crippen MR) is 208 cm³/mol. The fraction of sp³-hybridized carbons (Fsp3) is 0.333. The molecule has 3 heterocycles. The van der Waals surface area contributed by atoms with Gasteiger partial charge < -0.3 is 24.1 Å². The number of rotatable bonds is 15. The van der Waals surface area contributed by atoms with Crippen LogP contribution in [0.25, 0.3) is 22.9 Å². The Morgan fingerprint density at radius 3 is 2.51 bits per heavy atom. The number of ether oxygens (including phenoxy) is 2. The number of nitrogens with one attached hydrogen (secondary N) is 1. The van der Waals surface area contributed by atoms with Crippen molar-refractivity contribution in [1.82, 2.24) is 9.38 Å². The van der Waals surface area contributed by atoms with Crippen molar-refractivity contribution in [3.63, 3.8) is 0 Å². The van der Waals surface area contributed by atoms with Crippen molar-refractivity contribution in [3.05, 3.63) is 114 Å². The van der Waals surface area contributed by atoms with E-state index < -0.39 is 10.8 Å². The molecule has 0 spiro atoms. The molecule has 1 unspecified atom stereocenters. The number of unbranched alkanes of at least 4 members (excludes halogenated alkanes) is 1. The number of benzene rings is 3. The summed E-state index contributed by atoms with van der Waals surface area (Å²) in [6.07, 6.45) is 6.63. The fourth-order valence-corrected chi connectivity index (χ4v) is 7.47. The number of nitrogens with zero attached hydrogens (tertiary/aromatic N) is 3. The van der Waals surface area contributed by atoms with E-state index >= 15 is 0 Å². The van der Waals surface area contributed by atoms with Gasteiger partial charge in [0.25, 0.3) is 5.91 Å². The minimum absolute atomic E-state index is 0.131. The molecule has 0 aliphatic carbocycles. The van der Waals surface area contributed by atoms with Gasteiger partial charge in [0.15, 0.2) is 0 Å². The number of aryl methyl sites for hydroxylation is 1. The molecule has 1 N–H and O–H groups in total. The summed E-state index contributed by atoms with van der Waals surface area (Å²) >= 11 is 0. The first-order valence-electron chi connectivity index (χ1n) is 17.9. The van der Waals surface area contributed by atoms with E-state index in [0.29, 0.717) is 41.9 Å². The Morgan fingerprint density at radius 2 is 1.75 bits per heavy atom. The molecular formula is C42H48N4O4S. The van der Waals surface area contributed by atoms with Crippen molar-refractivity contribution in [2.45, 2.75) is 57.6 Å². The Balaban J connectivity index is 1.14. The van der Waals surface area contributed by atoms with Crippen LogP contribution in [0.15, 0.2) is 102 Å². The highest BCUT2D eigenvalue weighted by molar-refractivity contribution is 7.84. The lowest BCUT2D eigenvalue weighted by Gasteiger charge is -2.27. The Morgan fingerprint density at radius 1 is 0.961 bits per heavy atom. The summed E-state index contributed by atoms with van der Waals surface area (Å²) in [5, 5.41) is 3.09. The summed E-state index contributed by atoms with van der Waals surface area (Å²) < 4.78 is 26.8. The highest BCUT2D eigenvalue weighted by atomic mass is 32.2. The maximum Gasteiger partial charge on any atom is 0.251 e. The van der Waals surface area contributed by atoms with Gasteiger partial charge in [0.2, 0.25) is 0 Å². The van der Waals surface area contributed by atoms with Crippen LogP contribution in [0, 0.1) is 12.8 Å². The van der Waals surface area contributed by atoms with Crippen LogP contribution in [-0.2, 0) is 26.1 Å². The molecular weight excluding hydrogens is 657 g/mol. The molecule has 9 heteroatoms.